The second-order valence-corrected chi connectivity index (χ2v) is 5.84. The highest BCUT2D eigenvalue weighted by Crippen LogP contribution is 2.28. The van der Waals surface area contributed by atoms with Gasteiger partial charge in [-0.15, -0.1) is 0 Å². The molecule has 1 aromatic carbocycles. The van der Waals surface area contributed by atoms with Gasteiger partial charge in [-0.05, 0) is 44.0 Å². The molecule has 0 atom stereocenters. The Morgan fingerprint density at radius 1 is 1.26 bits per heavy atom. The van der Waals surface area contributed by atoms with Gasteiger partial charge in [0.1, 0.15) is 6.42 Å². The predicted molar refractivity (Wildman–Crippen MR) is 85.6 cm³/mol. The van der Waals surface area contributed by atoms with Crippen LogP contribution >= 0.6 is 0 Å². The zero-order valence-corrected chi connectivity index (χ0v) is 12.9. The van der Waals surface area contributed by atoms with Gasteiger partial charge in [-0.1, -0.05) is 12.1 Å². The smallest absolute Gasteiger partial charge is 0.322 e. The Balaban J connectivity index is 1.74. The van der Waals surface area contributed by atoms with Gasteiger partial charge in [0.25, 0.3) is 0 Å². The van der Waals surface area contributed by atoms with E-state index in [2.05, 4.69) is 9.88 Å². The van der Waals surface area contributed by atoms with Crippen LogP contribution in [0.1, 0.15) is 24.8 Å². The van der Waals surface area contributed by atoms with Crippen LogP contribution < -0.4 is 4.74 Å². The summed E-state index contributed by atoms with van der Waals surface area (Å²) in [6.07, 6.45) is 4.79. The number of carboxylic acid groups (broad SMARTS) is 1. The Morgan fingerprint density at radius 3 is 2.78 bits per heavy atom. The number of carbonyl (C=O) groups is 2. The van der Waals surface area contributed by atoms with E-state index in [-0.39, 0.29) is 0 Å². The molecule has 2 heterocycles. The number of ether oxygens (including phenoxy) is 1. The summed E-state index contributed by atoms with van der Waals surface area (Å²) in [4.78, 5) is 27.7. The number of esters is 1. The van der Waals surface area contributed by atoms with Crippen LogP contribution in [0, 0.1) is 0 Å². The van der Waals surface area contributed by atoms with E-state index in [4.69, 9.17) is 9.84 Å². The van der Waals surface area contributed by atoms with E-state index in [1.807, 2.05) is 18.3 Å². The van der Waals surface area contributed by atoms with Crippen LogP contribution in [0.4, 0.5) is 0 Å². The molecular weight excluding hydrogens is 296 g/mol. The summed E-state index contributed by atoms with van der Waals surface area (Å²) in [5.41, 5.74) is 1.92. The minimum absolute atomic E-state index is 0.376. The van der Waals surface area contributed by atoms with Crippen LogP contribution in [0.15, 0.2) is 24.4 Å². The third-order valence-electron chi connectivity index (χ3n) is 4.18. The van der Waals surface area contributed by atoms with Crippen LogP contribution in [0.3, 0.4) is 0 Å². The van der Waals surface area contributed by atoms with Crippen molar-refractivity contribution >= 4 is 22.8 Å². The number of benzene rings is 1. The van der Waals surface area contributed by atoms with E-state index in [0.717, 1.165) is 23.9 Å². The fourth-order valence-corrected chi connectivity index (χ4v) is 3.04. The maximum Gasteiger partial charge on any atom is 0.322 e. The molecule has 3 rings (SSSR count). The largest absolute Gasteiger partial charge is 0.481 e. The van der Waals surface area contributed by atoms with Crippen LogP contribution in [-0.4, -0.2) is 46.6 Å². The summed E-state index contributed by atoms with van der Waals surface area (Å²) in [7, 11) is 0. The Bertz CT molecular complexity index is 716. The van der Waals surface area contributed by atoms with Gasteiger partial charge in [-0.2, -0.15) is 0 Å². The number of likely N-dealkylation sites (tertiary alicyclic amines) is 1. The molecule has 0 radical (unpaired) electrons. The Labute approximate surface area is 134 Å². The van der Waals surface area contributed by atoms with Crippen LogP contribution in [0.25, 0.3) is 10.9 Å². The minimum Gasteiger partial charge on any atom is -0.481 e. The van der Waals surface area contributed by atoms with Crippen molar-refractivity contribution < 1.29 is 19.4 Å². The standard InChI is InChI=1S/C17H20N2O4/c20-15(21)10-16(22)23-14-5-3-4-13-12(11-18-17(13)14)6-9-19-7-1-2-8-19/h3-5,11,18H,1-2,6-10H2,(H,20,21). The maximum absolute atomic E-state index is 11.5. The SMILES string of the molecule is O=C(O)CC(=O)Oc1cccc2c(CCN3CCCC3)c[nH]c12. The number of nitrogens with one attached hydrogen (secondary N) is 1. The van der Waals surface area contributed by atoms with Crippen molar-refractivity contribution in [2.75, 3.05) is 19.6 Å². The molecule has 1 aromatic heterocycles. The summed E-state index contributed by atoms with van der Waals surface area (Å²) >= 11 is 0. The minimum atomic E-state index is -1.19. The number of aromatic amines is 1. The normalized spacial score (nSPS) is 15.1. The Kier molecular flexibility index (Phi) is 4.62. The molecule has 1 aliphatic heterocycles. The molecule has 0 spiro atoms. The second kappa shape index (κ2) is 6.83. The first-order valence-corrected chi connectivity index (χ1v) is 7.87. The number of hydrogen-bond donors (Lipinski definition) is 2. The number of aliphatic carboxylic acids is 1. The molecule has 0 unspecified atom stereocenters. The zero-order valence-electron chi connectivity index (χ0n) is 12.9. The van der Waals surface area contributed by atoms with Gasteiger partial charge in [0.05, 0.1) is 5.52 Å². The fourth-order valence-electron chi connectivity index (χ4n) is 3.04. The van der Waals surface area contributed by atoms with E-state index >= 15 is 0 Å². The number of aromatic nitrogens is 1. The van der Waals surface area contributed by atoms with Crippen LogP contribution in [-0.2, 0) is 16.0 Å². The van der Waals surface area contributed by atoms with Crippen molar-refractivity contribution in [2.24, 2.45) is 0 Å². The number of nitrogens with zero attached hydrogens (tertiary/aromatic N) is 1. The van der Waals surface area contributed by atoms with Gasteiger partial charge in [0, 0.05) is 18.1 Å². The molecule has 1 fully saturated rings. The van der Waals surface area contributed by atoms with Crippen molar-refractivity contribution in [1.82, 2.24) is 9.88 Å². The number of para-hydroxylation sites is 1. The van der Waals surface area contributed by atoms with E-state index in [0.29, 0.717) is 5.75 Å². The summed E-state index contributed by atoms with van der Waals surface area (Å²) in [6.45, 7) is 3.36. The van der Waals surface area contributed by atoms with Crippen molar-refractivity contribution in [3.8, 4) is 5.75 Å². The molecule has 2 N–H and O–H groups in total. The van der Waals surface area contributed by atoms with Gasteiger partial charge in [-0.25, -0.2) is 0 Å². The third kappa shape index (κ3) is 3.71. The summed E-state index contributed by atoms with van der Waals surface area (Å²) < 4.78 is 5.17. The third-order valence-corrected chi connectivity index (χ3v) is 4.18. The summed E-state index contributed by atoms with van der Waals surface area (Å²) in [5, 5.41) is 9.66. The molecular formula is C17H20N2O4. The molecule has 1 aliphatic rings. The summed E-state index contributed by atoms with van der Waals surface area (Å²) in [6, 6.07) is 5.47. The molecule has 0 aliphatic carbocycles. The lowest BCUT2D eigenvalue weighted by molar-refractivity contribution is -0.145. The van der Waals surface area contributed by atoms with Crippen molar-refractivity contribution in [3.63, 3.8) is 0 Å². The molecule has 23 heavy (non-hydrogen) atoms. The number of H-pyrrole nitrogens is 1. The highest BCUT2D eigenvalue weighted by molar-refractivity contribution is 5.94. The Hall–Kier alpha value is -2.34. The van der Waals surface area contributed by atoms with Crippen molar-refractivity contribution in [1.29, 1.82) is 0 Å². The van der Waals surface area contributed by atoms with Crippen LogP contribution in [0.5, 0.6) is 5.75 Å². The number of carbonyl (C=O) groups excluding carboxylic acids is 1. The van der Waals surface area contributed by atoms with Gasteiger partial charge < -0.3 is 19.7 Å². The van der Waals surface area contributed by atoms with Gasteiger partial charge >= 0.3 is 11.9 Å². The van der Waals surface area contributed by atoms with Gasteiger partial charge in [-0.3, -0.25) is 9.59 Å². The zero-order chi connectivity index (χ0) is 16.2. The van der Waals surface area contributed by atoms with Gasteiger partial charge in [0.15, 0.2) is 5.75 Å². The lowest BCUT2D eigenvalue weighted by Gasteiger charge is -2.13. The highest BCUT2D eigenvalue weighted by Gasteiger charge is 2.15. The fraction of sp³-hybridized carbons (Fsp3) is 0.412. The molecule has 1 saturated heterocycles. The lowest BCUT2D eigenvalue weighted by atomic mass is 10.1. The molecule has 0 amide bonds. The average molecular weight is 316 g/mol. The van der Waals surface area contributed by atoms with E-state index in [1.165, 1.54) is 31.5 Å². The second-order valence-electron chi connectivity index (χ2n) is 5.84. The first-order valence-electron chi connectivity index (χ1n) is 7.87. The quantitative estimate of drug-likeness (QED) is 0.485. The molecule has 0 saturated carbocycles. The molecule has 6 heteroatoms. The number of fused-ring (bicyclic) bond motifs is 1. The van der Waals surface area contributed by atoms with Crippen LogP contribution in [0.2, 0.25) is 0 Å². The topological polar surface area (TPSA) is 82.6 Å². The monoisotopic (exact) mass is 316 g/mol. The summed E-state index contributed by atoms with van der Waals surface area (Å²) in [5.74, 6) is -1.58. The molecule has 6 nitrogen and oxygen atoms in total. The van der Waals surface area contributed by atoms with Crippen molar-refractivity contribution in [2.45, 2.75) is 25.7 Å². The van der Waals surface area contributed by atoms with Gasteiger partial charge in [0.2, 0.25) is 0 Å². The Morgan fingerprint density at radius 2 is 2.04 bits per heavy atom. The number of rotatable bonds is 6. The molecule has 2 aromatic rings. The predicted octanol–water partition coefficient (Wildman–Crippen LogP) is 2.19. The average Bonchev–Trinajstić information content (AvgIpc) is 3.14. The lowest BCUT2D eigenvalue weighted by Crippen LogP contribution is -2.21. The van der Waals surface area contributed by atoms with E-state index in [1.54, 1.807) is 6.07 Å². The van der Waals surface area contributed by atoms with E-state index < -0.39 is 18.4 Å². The molecule has 122 valence electrons. The first kappa shape index (κ1) is 15.6. The first-order chi connectivity index (χ1) is 11.1. The molecule has 0 bridgehead atoms. The van der Waals surface area contributed by atoms with Crippen molar-refractivity contribution in [3.05, 3.63) is 30.0 Å². The van der Waals surface area contributed by atoms with E-state index in [9.17, 15) is 9.59 Å². The maximum atomic E-state index is 11.5. The number of carboxylic acids is 1. The highest BCUT2D eigenvalue weighted by atomic mass is 16.5. The number of hydrogen-bond acceptors (Lipinski definition) is 4.